The predicted octanol–water partition coefficient (Wildman–Crippen LogP) is 4.54. The van der Waals surface area contributed by atoms with Gasteiger partial charge in [-0.15, -0.1) is 0 Å². The molecule has 0 fully saturated rings. The molecular weight excluding hydrogens is 260 g/mol. The summed E-state index contributed by atoms with van der Waals surface area (Å²) < 4.78 is 0. The summed E-state index contributed by atoms with van der Waals surface area (Å²) in [5.41, 5.74) is 6.47. The van der Waals surface area contributed by atoms with Crippen LogP contribution in [0.25, 0.3) is 11.1 Å². The predicted molar refractivity (Wildman–Crippen MR) is 86.4 cm³/mol. The molecule has 0 aliphatic heterocycles. The summed E-state index contributed by atoms with van der Waals surface area (Å²) in [4.78, 5) is 10.8. The highest BCUT2D eigenvalue weighted by Gasteiger charge is 2.05. The number of hydrogen-bond donors (Lipinski definition) is 1. The smallest absolute Gasteiger partial charge is 0.330 e. The molecule has 2 aromatic rings. The highest BCUT2D eigenvalue weighted by molar-refractivity contribution is 5.85. The quantitative estimate of drug-likeness (QED) is 0.835. The van der Waals surface area contributed by atoms with Gasteiger partial charge in [0, 0.05) is 5.57 Å². The van der Waals surface area contributed by atoms with Crippen molar-refractivity contribution in [1.82, 2.24) is 0 Å². The summed E-state index contributed by atoms with van der Waals surface area (Å²) in [6, 6.07) is 14.7. The van der Waals surface area contributed by atoms with Crippen molar-refractivity contribution < 1.29 is 9.90 Å². The Labute approximate surface area is 125 Å². The summed E-state index contributed by atoms with van der Waals surface area (Å²) in [6.07, 6.45) is 2.40. The highest BCUT2D eigenvalue weighted by Crippen LogP contribution is 2.27. The zero-order valence-electron chi connectivity index (χ0n) is 12.7. The first kappa shape index (κ1) is 15.0. The molecular formula is C19H20O2. The molecule has 2 nitrogen and oxygen atoms in total. The van der Waals surface area contributed by atoms with Crippen molar-refractivity contribution >= 4 is 5.97 Å². The summed E-state index contributed by atoms with van der Waals surface area (Å²) in [7, 11) is 0. The van der Waals surface area contributed by atoms with E-state index >= 15 is 0 Å². The van der Waals surface area contributed by atoms with Crippen LogP contribution in [0.2, 0.25) is 0 Å². The molecule has 0 unspecified atom stereocenters. The van der Waals surface area contributed by atoms with E-state index in [9.17, 15) is 4.79 Å². The topological polar surface area (TPSA) is 37.3 Å². The Morgan fingerprint density at radius 2 is 1.71 bits per heavy atom. The Morgan fingerprint density at radius 1 is 1.05 bits per heavy atom. The monoisotopic (exact) mass is 280 g/mol. The highest BCUT2D eigenvalue weighted by atomic mass is 16.4. The van der Waals surface area contributed by atoms with E-state index < -0.39 is 5.97 Å². The zero-order chi connectivity index (χ0) is 15.4. The van der Waals surface area contributed by atoms with Crippen LogP contribution in [0, 0.1) is 13.8 Å². The van der Waals surface area contributed by atoms with E-state index in [-0.39, 0.29) is 0 Å². The molecule has 2 rings (SSSR count). The second kappa shape index (κ2) is 6.40. The fourth-order valence-electron chi connectivity index (χ4n) is 2.39. The van der Waals surface area contributed by atoms with Crippen molar-refractivity contribution in [3.05, 3.63) is 70.8 Å². The summed E-state index contributed by atoms with van der Waals surface area (Å²) in [5, 5.41) is 8.87. The molecule has 0 heterocycles. The Hall–Kier alpha value is -2.35. The third-order valence-corrected chi connectivity index (χ3v) is 3.71. The van der Waals surface area contributed by atoms with Gasteiger partial charge < -0.3 is 5.11 Å². The number of allylic oxidation sites excluding steroid dienone is 1. The first-order valence-electron chi connectivity index (χ1n) is 7.04. The Morgan fingerprint density at radius 3 is 2.33 bits per heavy atom. The molecule has 0 aliphatic rings. The average molecular weight is 280 g/mol. The van der Waals surface area contributed by atoms with E-state index in [4.69, 9.17) is 5.11 Å². The van der Waals surface area contributed by atoms with Gasteiger partial charge >= 0.3 is 5.97 Å². The molecule has 0 amide bonds. The van der Waals surface area contributed by atoms with E-state index in [0.29, 0.717) is 12.0 Å². The molecule has 0 aromatic heterocycles. The number of aryl methyl sites for hydroxylation is 2. The van der Waals surface area contributed by atoms with Crippen LogP contribution >= 0.6 is 0 Å². The second-order valence-electron chi connectivity index (χ2n) is 5.36. The summed E-state index contributed by atoms with van der Waals surface area (Å²) >= 11 is 0. The van der Waals surface area contributed by atoms with Crippen LogP contribution in [-0.2, 0) is 11.2 Å². The Balaban J connectivity index is 2.28. The first-order chi connectivity index (χ1) is 9.99. The molecule has 0 saturated carbocycles. The fourth-order valence-corrected chi connectivity index (χ4v) is 2.39. The van der Waals surface area contributed by atoms with Gasteiger partial charge in [0.2, 0.25) is 0 Å². The molecule has 21 heavy (non-hydrogen) atoms. The van der Waals surface area contributed by atoms with Crippen LogP contribution in [0.15, 0.2) is 54.1 Å². The number of carboxylic acids is 1. The number of aliphatic carboxylic acids is 1. The molecule has 1 N–H and O–H groups in total. The number of hydrogen-bond acceptors (Lipinski definition) is 1. The fraction of sp³-hybridized carbons (Fsp3) is 0.211. The maximum absolute atomic E-state index is 10.8. The van der Waals surface area contributed by atoms with Crippen molar-refractivity contribution in [3.63, 3.8) is 0 Å². The molecule has 108 valence electrons. The normalized spacial score (nSPS) is 11.5. The SMILES string of the molecule is CC(=CCc1ccc(-c2ccccc2C)c(C)c1)C(=O)O. The van der Waals surface area contributed by atoms with Crippen molar-refractivity contribution in [3.8, 4) is 11.1 Å². The van der Waals surface area contributed by atoms with Crippen LogP contribution < -0.4 is 0 Å². The number of benzene rings is 2. The van der Waals surface area contributed by atoms with Gasteiger partial charge in [-0.05, 0) is 55.0 Å². The van der Waals surface area contributed by atoms with Crippen LogP contribution in [0.5, 0.6) is 0 Å². The lowest BCUT2D eigenvalue weighted by Crippen LogP contribution is -1.97. The third kappa shape index (κ3) is 3.60. The molecule has 0 saturated heterocycles. The van der Waals surface area contributed by atoms with Crippen LogP contribution in [0.1, 0.15) is 23.6 Å². The van der Waals surface area contributed by atoms with Crippen molar-refractivity contribution in [1.29, 1.82) is 0 Å². The lowest BCUT2D eigenvalue weighted by molar-refractivity contribution is -0.132. The molecule has 0 aliphatic carbocycles. The molecule has 0 spiro atoms. The van der Waals surface area contributed by atoms with Gasteiger partial charge in [0.25, 0.3) is 0 Å². The van der Waals surface area contributed by atoms with Gasteiger partial charge in [0.15, 0.2) is 0 Å². The van der Waals surface area contributed by atoms with Gasteiger partial charge in [-0.1, -0.05) is 48.5 Å². The van der Waals surface area contributed by atoms with Crippen molar-refractivity contribution in [2.45, 2.75) is 27.2 Å². The minimum absolute atomic E-state index is 0.385. The zero-order valence-corrected chi connectivity index (χ0v) is 12.7. The second-order valence-corrected chi connectivity index (χ2v) is 5.36. The van der Waals surface area contributed by atoms with Crippen LogP contribution in [0.3, 0.4) is 0 Å². The van der Waals surface area contributed by atoms with E-state index in [2.05, 4.69) is 50.2 Å². The Kier molecular flexibility index (Phi) is 4.59. The van der Waals surface area contributed by atoms with Gasteiger partial charge in [-0.3, -0.25) is 0 Å². The molecule has 2 heteroatoms. The lowest BCUT2D eigenvalue weighted by Gasteiger charge is -2.10. The summed E-state index contributed by atoms with van der Waals surface area (Å²) in [5.74, 6) is -0.858. The minimum Gasteiger partial charge on any atom is -0.478 e. The average Bonchev–Trinajstić information content (AvgIpc) is 2.46. The largest absolute Gasteiger partial charge is 0.478 e. The van der Waals surface area contributed by atoms with E-state index in [0.717, 1.165) is 5.56 Å². The minimum atomic E-state index is -0.858. The van der Waals surface area contributed by atoms with Crippen molar-refractivity contribution in [2.75, 3.05) is 0 Å². The first-order valence-corrected chi connectivity index (χ1v) is 7.04. The standard InChI is InChI=1S/C19H20O2/c1-13-6-4-5-7-17(13)18-11-10-16(12-15(18)3)9-8-14(2)19(20)21/h4-8,10-12H,9H2,1-3H3,(H,20,21). The van der Waals surface area contributed by atoms with Gasteiger partial charge in [-0.2, -0.15) is 0 Å². The number of carbonyl (C=O) groups is 1. The maximum Gasteiger partial charge on any atom is 0.330 e. The van der Waals surface area contributed by atoms with E-state index in [1.807, 2.05) is 6.07 Å². The molecule has 0 bridgehead atoms. The van der Waals surface area contributed by atoms with Gasteiger partial charge in [-0.25, -0.2) is 4.79 Å². The molecule has 2 aromatic carbocycles. The van der Waals surface area contributed by atoms with E-state index in [1.54, 1.807) is 13.0 Å². The van der Waals surface area contributed by atoms with Gasteiger partial charge in [0.05, 0.1) is 0 Å². The van der Waals surface area contributed by atoms with Gasteiger partial charge in [0.1, 0.15) is 0 Å². The maximum atomic E-state index is 10.8. The van der Waals surface area contributed by atoms with Crippen molar-refractivity contribution in [2.24, 2.45) is 0 Å². The number of carboxylic acid groups (broad SMARTS) is 1. The van der Waals surface area contributed by atoms with E-state index in [1.165, 1.54) is 22.3 Å². The molecule has 0 atom stereocenters. The third-order valence-electron chi connectivity index (χ3n) is 3.71. The van der Waals surface area contributed by atoms with Crippen LogP contribution in [-0.4, -0.2) is 11.1 Å². The Bertz CT molecular complexity index is 696. The number of rotatable bonds is 4. The molecule has 0 radical (unpaired) electrons. The lowest BCUT2D eigenvalue weighted by atomic mass is 9.94. The summed E-state index contributed by atoms with van der Waals surface area (Å²) in [6.45, 7) is 5.83. The van der Waals surface area contributed by atoms with Crippen LogP contribution in [0.4, 0.5) is 0 Å².